The number of nitrogens with two attached hydrogens (primary N) is 1. The van der Waals surface area contributed by atoms with Crippen molar-refractivity contribution in [3.8, 4) is 0 Å². The van der Waals surface area contributed by atoms with Crippen molar-refractivity contribution in [3.05, 3.63) is 48.2 Å². The molecule has 1 aromatic heterocycles. The lowest BCUT2D eigenvalue weighted by Crippen LogP contribution is -2.04. The van der Waals surface area contributed by atoms with Gasteiger partial charge in [0.2, 0.25) is 0 Å². The molecule has 19 heavy (non-hydrogen) atoms. The minimum Gasteiger partial charge on any atom is -0.339 e. The molecule has 1 aromatic carbocycles. The number of nitrogens with zero attached hydrogens (tertiary/aromatic N) is 1. The third-order valence-corrected chi connectivity index (χ3v) is 3.75. The van der Waals surface area contributed by atoms with Crippen molar-refractivity contribution in [1.29, 1.82) is 0 Å². The van der Waals surface area contributed by atoms with E-state index in [0.717, 1.165) is 17.5 Å². The van der Waals surface area contributed by atoms with Crippen molar-refractivity contribution < 1.29 is 8.42 Å². The highest BCUT2D eigenvalue weighted by molar-refractivity contribution is 7.90. The molecule has 0 radical (unpaired) electrons. The summed E-state index contributed by atoms with van der Waals surface area (Å²) in [4.78, 5) is 4.25. The van der Waals surface area contributed by atoms with Crippen LogP contribution in [0.5, 0.6) is 0 Å². The fourth-order valence-corrected chi connectivity index (χ4v) is 2.43. The molecule has 2 aromatic rings. The van der Waals surface area contributed by atoms with Gasteiger partial charge in [-0.2, -0.15) is 0 Å². The van der Waals surface area contributed by atoms with E-state index in [1.54, 1.807) is 12.3 Å². The molecule has 5 nitrogen and oxygen atoms in total. The molecule has 100 valence electrons. The molecular formula is C13H15N3O2S. The monoisotopic (exact) mass is 277 g/mol. The van der Waals surface area contributed by atoms with E-state index in [1.807, 2.05) is 24.3 Å². The molecule has 0 atom stereocenters. The van der Waals surface area contributed by atoms with E-state index < -0.39 is 9.84 Å². The lowest BCUT2D eigenvalue weighted by atomic mass is 10.2. The summed E-state index contributed by atoms with van der Waals surface area (Å²) in [6, 6.07) is 10.6. The van der Waals surface area contributed by atoms with Gasteiger partial charge >= 0.3 is 0 Å². The molecule has 0 saturated heterocycles. The van der Waals surface area contributed by atoms with Gasteiger partial charge in [0.25, 0.3) is 0 Å². The van der Waals surface area contributed by atoms with Crippen LogP contribution in [0.25, 0.3) is 0 Å². The van der Waals surface area contributed by atoms with Crippen LogP contribution < -0.4 is 11.1 Å². The number of benzene rings is 1. The van der Waals surface area contributed by atoms with Crippen molar-refractivity contribution in [1.82, 2.24) is 4.98 Å². The summed E-state index contributed by atoms with van der Waals surface area (Å²) in [6.07, 6.45) is 2.71. The van der Waals surface area contributed by atoms with Gasteiger partial charge in [0, 0.05) is 24.7 Å². The lowest BCUT2D eigenvalue weighted by Gasteiger charge is -2.09. The van der Waals surface area contributed by atoms with Crippen molar-refractivity contribution in [2.45, 2.75) is 11.4 Å². The Morgan fingerprint density at radius 3 is 2.47 bits per heavy atom. The van der Waals surface area contributed by atoms with Crippen molar-refractivity contribution in [2.75, 3.05) is 11.6 Å². The van der Waals surface area contributed by atoms with E-state index in [2.05, 4.69) is 10.3 Å². The van der Waals surface area contributed by atoms with Crippen LogP contribution in [0.3, 0.4) is 0 Å². The van der Waals surface area contributed by atoms with Gasteiger partial charge in [-0.1, -0.05) is 12.1 Å². The molecule has 2 rings (SSSR count). The fourth-order valence-electron chi connectivity index (χ4n) is 1.64. The SMILES string of the molecule is CS(=O)(=O)c1cccnc1Nc1ccc(CN)cc1. The van der Waals surface area contributed by atoms with Crippen molar-refractivity contribution >= 4 is 21.3 Å². The van der Waals surface area contributed by atoms with Gasteiger partial charge in [-0.15, -0.1) is 0 Å². The second kappa shape index (κ2) is 5.38. The van der Waals surface area contributed by atoms with E-state index in [-0.39, 0.29) is 4.90 Å². The standard InChI is InChI=1S/C13H15N3O2S/c1-19(17,18)12-3-2-8-15-13(12)16-11-6-4-10(9-14)5-7-11/h2-8H,9,14H2,1H3,(H,15,16). The largest absolute Gasteiger partial charge is 0.339 e. The second-order valence-electron chi connectivity index (χ2n) is 4.15. The first kappa shape index (κ1) is 13.5. The number of hydrogen-bond donors (Lipinski definition) is 2. The smallest absolute Gasteiger partial charge is 0.179 e. The third-order valence-electron chi connectivity index (χ3n) is 2.62. The molecule has 0 saturated carbocycles. The Balaban J connectivity index is 2.33. The first-order valence-electron chi connectivity index (χ1n) is 5.72. The summed E-state index contributed by atoms with van der Waals surface area (Å²) in [5.41, 5.74) is 7.30. The van der Waals surface area contributed by atoms with Crippen LogP contribution in [0.15, 0.2) is 47.5 Å². The van der Waals surface area contributed by atoms with Gasteiger partial charge in [-0.05, 0) is 29.8 Å². The van der Waals surface area contributed by atoms with Crippen LogP contribution in [0.4, 0.5) is 11.5 Å². The number of hydrogen-bond acceptors (Lipinski definition) is 5. The Hall–Kier alpha value is -1.92. The minimum atomic E-state index is -3.31. The molecule has 0 fully saturated rings. The zero-order valence-electron chi connectivity index (χ0n) is 10.5. The summed E-state index contributed by atoms with van der Waals surface area (Å²) < 4.78 is 23.3. The molecule has 1 heterocycles. The number of nitrogens with one attached hydrogen (secondary N) is 1. The molecule has 6 heteroatoms. The molecule has 0 bridgehead atoms. The van der Waals surface area contributed by atoms with Crippen molar-refractivity contribution in [2.24, 2.45) is 5.73 Å². The Morgan fingerprint density at radius 1 is 1.21 bits per heavy atom. The van der Waals surface area contributed by atoms with Gasteiger partial charge in [-0.25, -0.2) is 13.4 Å². The molecule has 0 spiro atoms. The second-order valence-corrected chi connectivity index (χ2v) is 6.13. The Bertz CT molecular complexity index is 667. The fraction of sp³-hybridized carbons (Fsp3) is 0.154. The van der Waals surface area contributed by atoms with E-state index in [9.17, 15) is 8.42 Å². The van der Waals surface area contributed by atoms with Crippen molar-refractivity contribution in [3.63, 3.8) is 0 Å². The Labute approximate surface area is 112 Å². The Morgan fingerprint density at radius 2 is 1.89 bits per heavy atom. The average Bonchev–Trinajstić information content (AvgIpc) is 2.39. The number of rotatable bonds is 4. The highest BCUT2D eigenvalue weighted by Gasteiger charge is 2.13. The summed E-state index contributed by atoms with van der Waals surface area (Å²) >= 11 is 0. The summed E-state index contributed by atoms with van der Waals surface area (Å²) in [7, 11) is -3.31. The third kappa shape index (κ3) is 3.30. The van der Waals surface area contributed by atoms with Crippen LogP contribution in [-0.2, 0) is 16.4 Å². The number of sulfone groups is 1. The molecule has 0 aliphatic rings. The summed E-state index contributed by atoms with van der Waals surface area (Å²) in [5, 5.41) is 3.00. The highest BCUT2D eigenvalue weighted by Crippen LogP contribution is 2.22. The first-order valence-corrected chi connectivity index (χ1v) is 7.61. The first-order chi connectivity index (χ1) is 9.00. The van der Waals surface area contributed by atoms with E-state index in [4.69, 9.17) is 5.73 Å². The normalized spacial score (nSPS) is 11.3. The van der Waals surface area contributed by atoms with Gasteiger partial charge in [0.05, 0.1) is 0 Å². The van der Waals surface area contributed by atoms with Crippen LogP contribution >= 0.6 is 0 Å². The molecule has 0 aliphatic heterocycles. The van der Waals surface area contributed by atoms with Crippen LogP contribution in [-0.4, -0.2) is 19.7 Å². The number of pyridine rings is 1. The average molecular weight is 277 g/mol. The molecular weight excluding hydrogens is 262 g/mol. The molecule has 0 aliphatic carbocycles. The van der Waals surface area contributed by atoms with Gasteiger partial charge in [0.1, 0.15) is 10.7 Å². The van der Waals surface area contributed by atoms with Crippen LogP contribution in [0.2, 0.25) is 0 Å². The van der Waals surface area contributed by atoms with Crippen LogP contribution in [0, 0.1) is 0 Å². The topological polar surface area (TPSA) is 85.1 Å². The van der Waals surface area contributed by atoms with Gasteiger partial charge in [0.15, 0.2) is 9.84 Å². The lowest BCUT2D eigenvalue weighted by molar-refractivity contribution is 0.602. The maximum absolute atomic E-state index is 11.6. The Kier molecular flexibility index (Phi) is 3.82. The van der Waals surface area contributed by atoms with Gasteiger partial charge in [-0.3, -0.25) is 0 Å². The quantitative estimate of drug-likeness (QED) is 0.888. The molecule has 0 unspecified atom stereocenters. The summed E-state index contributed by atoms with van der Waals surface area (Å²) in [6.45, 7) is 0.471. The predicted octanol–water partition coefficient (Wildman–Crippen LogP) is 1.69. The highest BCUT2D eigenvalue weighted by atomic mass is 32.2. The van der Waals surface area contributed by atoms with E-state index in [0.29, 0.717) is 12.4 Å². The number of aromatic nitrogens is 1. The minimum absolute atomic E-state index is 0.179. The predicted molar refractivity (Wildman–Crippen MR) is 75.0 cm³/mol. The zero-order chi connectivity index (χ0) is 13.9. The van der Waals surface area contributed by atoms with E-state index >= 15 is 0 Å². The van der Waals surface area contributed by atoms with Gasteiger partial charge < -0.3 is 11.1 Å². The van der Waals surface area contributed by atoms with Crippen LogP contribution in [0.1, 0.15) is 5.56 Å². The molecule has 0 amide bonds. The molecule has 3 N–H and O–H groups in total. The van der Waals surface area contributed by atoms with E-state index in [1.165, 1.54) is 6.07 Å². The maximum atomic E-state index is 11.6. The number of anilines is 2. The maximum Gasteiger partial charge on any atom is 0.179 e. The zero-order valence-corrected chi connectivity index (χ0v) is 11.3. The summed E-state index contributed by atoms with van der Waals surface area (Å²) in [5.74, 6) is 0.325.